The van der Waals surface area contributed by atoms with E-state index in [1.54, 1.807) is 7.11 Å². The average Bonchev–Trinajstić information content (AvgIpc) is 2.31. The number of halogens is 1. The fourth-order valence-corrected chi connectivity index (χ4v) is 2.36. The van der Waals surface area contributed by atoms with E-state index in [9.17, 15) is 0 Å². The van der Waals surface area contributed by atoms with Gasteiger partial charge in [-0.25, -0.2) is 0 Å². The number of rotatable bonds is 7. The van der Waals surface area contributed by atoms with E-state index in [2.05, 4.69) is 46.4 Å². The van der Waals surface area contributed by atoms with Gasteiger partial charge in [0, 0.05) is 24.7 Å². The summed E-state index contributed by atoms with van der Waals surface area (Å²) in [6.07, 6.45) is 1.05. The van der Waals surface area contributed by atoms with Crippen LogP contribution in [0.25, 0.3) is 0 Å². The number of methoxy groups -OCH3 is 1. The van der Waals surface area contributed by atoms with E-state index in [-0.39, 0.29) is 0 Å². The summed E-state index contributed by atoms with van der Waals surface area (Å²) >= 11 is 3.61. The highest BCUT2D eigenvalue weighted by atomic mass is 79.9. The van der Waals surface area contributed by atoms with E-state index >= 15 is 0 Å². The Bertz CT molecular complexity index is 296. The lowest BCUT2D eigenvalue weighted by molar-refractivity contribution is 0.187. The van der Waals surface area contributed by atoms with Gasteiger partial charge in [0.05, 0.1) is 0 Å². The Kier molecular flexibility index (Phi) is 6.69. The topological polar surface area (TPSA) is 21.3 Å². The lowest BCUT2D eigenvalue weighted by Crippen LogP contribution is -2.22. The van der Waals surface area contributed by atoms with Crippen LogP contribution in [-0.2, 0) is 4.74 Å². The molecule has 16 heavy (non-hydrogen) atoms. The molecule has 0 amide bonds. The Hall–Kier alpha value is -0.380. The maximum Gasteiger partial charge on any atom is 0.0468 e. The monoisotopic (exact) mass is 285 g/mol. The molecule has 1 rings (SSSR count). The van der Waals surface area contributed by atoms with Crippen molar-refractivity contribution in [3.8, 4) is 0 Å². The third-order valence-electron chi connectivity index (χ3n) is 2.66. The van der Waals surface area contributed by atoms with E-state index in [1.165, 1.54) is 10.0 Å². The molecular formula is C13H20BrNO. The first-order valence-corrected chi connectivity index (χ1v) is 6.53. The number of benzene rings is 1. The van der Waals surface area contributed by atoms with Gasteiger partial charge in [-0.3, -0.25) is 0 Å². The second-order valence-electron chi connectivity index (χ2n) is 3.81. The Balaban J connectivity index is 2.70. The molecular weight excluding hydrogens is 266 g/mol. The first-order valence-electron chi connectivity index (χ1n) is 5.73. The van der Waals surface area contributed by atoms with Gasteiger partial charge in [-0.2, -0.15) is 0 Å². The molecule has 1 aromatic rings. The standard InChI is InChI=1S/C13H20BrNO/c1-3-15-10-11(8-9-16-2)12-6-4-5-7-13(12)14/h4-7,11,15H,3,8-10H2,1-2H3. The molecule has 0 aliphatic carbocycles. The van der Waals surface area contributed by atoms with E-state index in [0.29, 0.717) is 5.92 Å². The zero-order valence-electron chi connectivity index (χ0n) is 10.0. The van der Waals surface area contributed by atoms with Gasteiger partial charge >= 0.3 is 0 Å². The summed E-state index contributed by atoms with van der Waals surface area (Å²) in [6, 6.07) is 8.42. The summed E-state index contributed by atoms with van der Waals surface area (Å²) in [6.45, 7) is 4.95. The molecule has 1 aromatic carbocycles. The molecule has 0 radical (unpaired) electrons. The molecule has 0 spiro atoms. The van der Waals surface area contributed by atoms with Crippen molar-refractivity contribution in [1.82, 2.24) is 5.32 Å². The van der Waals surface area contributed by atoms with Crippen LogP contribution < -0.4 is 5.32 Å². The maximum atomic E-state index is 5.17. The fraction of sp³-hybridized carbons (Fsp3) is 0.538. The summed E-state index contributed by atoms with van der Waals surface area (Å²) < 4.78 is 6.36. The summed E-state index contributed by atoms with van der Waals surface area (Å²) in [5.74, 6) is 0.510. The van der Waals surface area contributed by atoms with Crippen LogP contribution in [-0.4, -0.2) is 26.8 Å². The minimum Gasteiger partial charge on any atom is -0.385 e. The lowest BCUT2D eigenvalue weighted by atomic mass is 9.96. The van der Waals surface area contributed by atoms with Crippen molar-refractivity contribution in [2.45, 2.75) is 19.3 Å². The number of nitrogens with one attached hydrogen (secondary N) is 1. The van der Waals surface area contributed by atoms with Crippen molar-refractivity contribution in [2.24, 2.45) is 0 Å². The zero-order chi connectivity index (χ0) is 11.8. The molecule has 0 aromatic heterocycles. The first kappa shape index (κ1) is 13.7. The molecule has 0 aliphatic rings. The highest BCUT2D eigenvalue weighted by molar-refractivity contribution is 9.10. The average molecular weight is 286 g/mol. The number of hydrogen-bond donors (Lipinski definition) is 1. The quantitative estimate of drug-likeness (QED) is 0.831. The second-order valence-corrected chi connectivity index (χ2v) is 4.66. The highest BCUT2D eigenvalue weighted by Crippen LogP contribution is 2.26. The van der Waals surface area contributed by atoms with E-state index in [4.69, 9.17) is 4.74 Å². The molecule has 1 atom stereocenters. The molecule has 0 bridgehead atoms. The van der Waals surface area contributed by atoms with Gasteiger partial charge in [0.2, 0.25) is 0 Å². The molecule has 0 saturated carbocycles. The van der Waals surface area contributed by atoms with Crippen LogP contribution in [0.5, 0.6) is 0 Å². The van der Waals surface area contributed by atoms with E-state index in [0.717, 1.165) is 26.1 Å². The SMILES string of the molecule is CCNCC(CCOC)c1ccccc1Br. The highest BCUT2D eigenvalue weighted by Gasteiger charge is 2.13. The van der Waals surface area contributed by atoms with Crippen molar-refractivity contribution in [3.05, 3.63) is 34.3 Å². The molecule has 90 valence electrons. The van der Waals surface area contributed by atoms with Crippen molar-refractivity contribution < 1.29 is 4.74 Å². The minimum absolute atomic E-state index is 0.510. The Morgan fingerprint density at radius 2 is 2.12 bits per heavy atom. The summed E-state index contributed by atoms with van der Waals surface area (Å²) in [5.41, 5.74) is 1.36. The predicted molar refractivity (Wildman–Crippen MR) is 71.9 cm³/mol. The van der Waals surface area contributed by atoms with Gasteiger partial charge in [-0.05, 0) is 30.5 Å². The molecule has 3 heteroatoms. The predicted octanol–water partition coefficient (Wildman–Crippen LogP) is 3.18. The van der Waals surface area contributed by atoms with Crippen LogP contribution in [0.1, 0.15) is 24.8 Å². The summed E-state index contributed by atoms with van der Waals surface area (Å²) in [7, 11) is 1.75. The smallest absolute Gasteiger partial charge is 0.0468 e. The van der Waals surface area contributed by atoms with Crippen LogP contribution in [0.2, 0.25) is 0 Å². The van der Waals surface area contributed by atoms with E-state index in [1.807, 2.05) is 6.07 Å². The van der Waals surface area contributed by atoms with Crippen LogP contribution in [0.3, 0.4) is 0 Å². The van der Waals surface area contributed by atoms with Crippen molar-refractivity contribution >= 4 is 15.9 Å². The third-order valence-corrected chi connectivity index (χ3v) is 3.38. The molecule has 0 heterocycles. The molecule has 0 saturated heterocycles. The van der Waals surface area contributed by atoms with Crippen LogP contribution in [0.4, 0.5) is 0 Å². The minimum atomic E-state index is 0.510. The lowest BCUT2D eigenvalue weighted by Gasteiger charge is -2.18. The van der Waals surface area contributed by atoms with Crippen LogP contribution in [0, 0.1) is 0 Å². The number of ether oxygens (including phenoxy) is 1. The van der Waals surface area contributed by atoms with Crippen LogP contribution >= 0.6 is 15.9 Å². The summed E-state index contributed by atoms with van der Waals surface area (Å²) in [5, 5.41) is 3.41. The van der Waals surface area contributed by atoms with Crippen molar-refractivity contribution in [1.29, 1.82) is 0 Å². The summed E-state index contributed by atoms with van der Waals surface area (Å²) in [4.78, 5) is 0. The second kappa shape index (κ2) is 7.82. The molecule has 0 aliphatic heterocycles. The zero-order valence-corrected chi connectivity index (χ0v) is 11.6. The molecule has 1 unspecified atom stereocenters. The third kappa shape index (κ3) is 4.24. The molecule has 2 nitrogen and oxygen atoms in total. The Morgan fingerprint density at radius 3 is 2.75 bits per heavy atom. The van der Waals surface area contributed by atoms with E-state index < -0.39 is 0 Å². The van der Waals surface area contributed by atoms with Crippen LogP contribution in [0.15, 0.2) is 28.7 Å². The normalized spacial score (nSPS) is 12.7. The fourth-order valence-electron chi connectivity index (χ4n) is 1.75. The molecule has 0 fully saturated rings. The van der Waals surface area contributed by atoms with Gasteiger partial charge in [0.1, 0.15) is 0 Å². The number of hydrogen-bond acceptors (Lipinski definition) is 2. The Labute approximate surface area is 107 Å². The van der Waals surface area contributed by atoms with Crippen molar-refractivity contribution in [2.75, 3.05) is 26.8 Å². The number of likely N-dealkylation sites (N-methyl/N-ethyl adjacent to an activating group) is 1. The van der Waals surface area contributed by atoms with Gasteiger partial charge < -0.3 is 10.1 Å². The van der Waals surface area contributed by atoms with Gasteiger partial charge in [-0.15, -0.1) is 0 Å². The largest absolute Gasteiger partial charge is 0.385 e. The van der Waals surface area contributed by atoms with Gasteiger partial charge in [0.25, 0.3) is 0 Å². The first-order chi connectivity index (χ1) is 7.79. The Morgan fingerprint density at radius 1 is 1.38 bits per heavy atom. The molecule has 1 N–H and O–H groups in total. The van der Waals surface area contributed by atoms with Gasteiger partial charge in [-0.1, -0.05) is 41.1 Å². The van der Waals surface area contributed by atoms with Gasteiger partial charge in [0.15, 0.2) is 0 Å². The maximum absolute atomic E-state index is 5.17. The van der Waals surface area contributed by atoms with Crippen molar-refractivity contribution in [3.63, 3.8) is 0 Å².